The molecule has 182 valence electrons. The Hall–Kier alpha value is -4.19. The summed E-state index contributed by atoms with van der Waals surface area (Å²) in [6.07, 6.45) is 3.77. The van der Waals surface area contributed by atoms with E-state index in [0.717, 1.165) is 24.2 Å². The number of rotatable bonds is 4. The minimum atomic E-state index is -0.228. The number of likely N-dealkylation sites (tertiary alicyclic amines) is 1. The fourth-order valence-electron chi connectivity index (χ4n) is 5.55. The summed E-state index contributed by atoms with van der Waals surface area (Å²) in [4.78, 5) is 15.3. The summed E-state index contributed by atoms with van der Waals surface area (Å²) in [6, 6.07) is 26.7. The molecule has 1 spiro atoms. The molecular weight excluding hydrogens is 450 g/mol. The highest BCUT2D eigenvalue weighted by molar-refractivity contribution is 5.95. The molecule has 4 aromatic rings. The number of fused-ring (bicyclic) bond motifs is 4. The number of nitrogens with zero attached hydrogens (tertiary/aromatic N) is 2. The Bertz CT molecular complexity index is 1400. The number of anilines is 1. The van der Waals surface area contributed by atoms with E-state index in [1.165, 1.54) is 16.8 Å². The Morgan fingerprint density at radius 2 is 1.56 bits per heavy atom. The Kier molecular flexibility index (Phi) is 5.44. The molecule has 2 aliphatic rings. The number of piperidine rings is 1. The number of aromatic nitrogens is 1. The van der Waals surface area contributed by atoms with Gasteiger partial charge in [-0.05, 0) is 60.4 Å². The summed E-state index contributed by atoms with van der Waals surface area (Å²) in [5.74, 6) is 1.23. The van der Waals surface area contributed by atoms with E-state index < -0.39 is 0 Å². The number of ether oxygens (including phenoxy) is 2. The maximum Gasteiger partial charge on any atom is 0.254 e. The van der Waals surface area contributed by atoms with Crippen molar-refractivity contribution in [1.29, 1.82) is 0 Å². The van der Waals surface area contributed by atoms with Gasteiger partial charge in [0.25, 0.3) is 5.91 Å². The first-order chi connectivity index (χ1) is 17.6. The highest BCUT2D eigenvalue weighted by atomic mass is 16.5. The van der Waals surface area contributed by atoms with Gasteiger partial charge in [-0.3, -0.25) is 4.79 Å². The monoisotopic (exact) mass is 479 g/mol. The zero-order valence-corrected chi connectivity index (χ0v) is 20.5. The van der Waals surface area contributed by atoms with Crippen molar-refractivity contribution in [3.63, 3.8) is 0 Å². The minimum absolute atomic E-state index is 0.00000564. The van der Waals surface area contributed by atoms with Gasteiger partial charge in [0.1, 0.15) is 11.5 Å². The van der Waals surface area contributed by atoms with Crippen LogP contribution in [0.1, 0.15) is 28.9 Å². The van der Waals surface area contributed by atoms with Crippen molar-refractivity contribution in [1.82, 2.24) is 9.47 Å². The van der Waals surface area contributed by atoms with Crippen LogP contribution in [0.5, 0.6) is 11.5 Å². The van der Waals surface area contributed by atoms with Crippen LogP contribution < -0.4 is 14.8 Å². The number of hydrogen-bond acceptors (Lipinski definition) is 4. The van der Waals surface area contributed by atoms with E-state index in [1.54, 1.807) is 32.4 Å². The van der Waals surface area contributed by atoms with Crippen molar-refractivity contribution in [3.05, 3.63) is 96.3 Å². The van der Waals surface area contributed by atoms with Crippen molar-refractivity contribution < 1.29 is 14.3 Å². The lowest BCUT2D eigenvalue weighted by atomic mass is 9.82. The van der Waals surface area contributed by atoms with E-state index in [2.05, 4.69) is 70.7 Å². The molecule has 1 fully saturated rings. The molecule has 0 unspecified atom stereocenters. The normalized spacial score (nSPS) is 15.6. The van der Waals surface area contributed by atoms with Crippen molar-refractivity contribution in [2.75, 3.05) is 32.6 Å². The molecule has 1 aromatic heterocycles. The molecule has 6 nitrogen and oxygen atoms in total. The highest BCUT2D eigenvalue weighted by Gasteiger charge is 2.42. The smallest absolute Gasteiger partial charge is 0.254 e. The molecule has 0 bridgehead atoms. The van der Waals surface area contributed by atoms with Crippen LogP contribution in [0.25, 0.3) is 16.8 Å². The van der Waals surface area contributed by atoms with E-state index in [4.69, 9.17) is 9.47 Å². The molecular formula is C30H29N3O3. The van der Waals surface area contributed by atoms with Gasteiger partial charge in [0.05, 0.1) is 31.1 Å². The van der Waals surface area contributed by atoms with Gasteiger partial charge in [0.2, 0.25) is 0 Å². The number of benzene rings is 3. The van der Waals surface area contributed by atoms with E-state index in [9.17, 15) is 4.79 Å². The van der Waals surface area contributed by atoms with Crippen LogP contribution >= 0.6 is 0 Å². The van der Waals surface area contributed by atoms with E-state index in [0.29, 0.717) is 30.2 Å². The third-order valence-electron chi connectivity index (χ3n) is 7.48. The minimum Gasteiger partial charge on any atom is -0.497 e. The summed E-state index contributed by atoms with van der Waals surface area (Å²) < 4.78 is 13.0. The van der Waals surface area contributed by atoms with Crippen LogP contribution in [0, 0.1) is 0 Å². The largest absolute Gasteiger partial charge is 0.497 e. The average molecular weight is 480 g/mol. The van der Waals surface area contributed by atoms with Gasteiger partial charge in [-0.25, -0.2) is 0 Å². The second-order valence-corrected chi connectivity index (χ2v) is 9.46. The predicted octanol–water partition coefficient (Wildman–Crippen LogP) is 5.72. The van der Waals surface area contributed by atoms with Crippen molar-refractivity contribution >= 4 is 11.6 Å². The first-order valence-corrected chi connectivity index (χ1v) is 12.3. The number of amides is 1. The number of carbonyl (C=O) groups excluding carboxylic acids is 1. The highest BCUT2D eigenvalue weighted by Crippen LogP contribution is 2.44. The van der Waals surface area contributed by atoms with Gasteiger partial charge < -0.3 is 24.3 Å². The van der Waals surface area contributed by atoms with Crippen LogP contribution in [0.15, 0.2) is 85.1 Å². The summed E-state index contributed by atoms with van der Waals surface area (Å²) in [5, 5.41) is 3.90. The molecule has 1 saturated heterocycles. The Labute approximate surface area is 211 Å². The molecule has 2 aliphatic heterocycles. The van der Waals surface area contributed by atoms with Gasteiger partial charge in [-0.2, -0.15) is 0 Å². The lowest BCUT2D eigenvalue weighted by molar-refractivity contribution is 0.0675. The molecule has 1 N–H and O–H groups in total. The number of carbonyl (C=O) groups is 1. The lowest BCUT2D eigenvalue weighted by Crippen LogP contribution is -2.51. The molecule has 6 heteroatoms. The third kappa shape index (κ3) is 3.70. The maximum absolute atomic E-state index is 13.4. The van der Waals surface area contributed by atoms with Gasteiger partial charge >= 0.3 is 0 Å². The first-order valence-electron chi connectivity index (χ1n) is 12.3. The second-order valence-electron chi connectivity index (χ2n) is 9.46. The number of methoxy groups -OCH3 is 2. The fraction of sp³-hybridized carbons (Fsp3) is 0.233. The van der Waals surface area contributed by atoms with Crippen LogP contribution in [0.2, 0.25) is 0 Å². The quantitative estimate of drug-likeness (QED) is 0.407. The van der Waals surface area contributed by atoms with Crippen LogP contribution in [0.4, 0.5) is 5.69 Å². The summed E-state index contributed by atoms with van der Waals surface area (Å²) in [6.45, 7) is 1.31. The first kappa shape index (κ1) is 22.3. The molecule has 3 aromatic carbocycles. The molecule has 1 amide bonds. The molecule has 3 heterocycles. The van der Waals surface area contributed by atoms with Crippen LogP contribution in [0.3, 0.4) is 0 Å². The topological polar surface area (TPSA) is 55.7 Å². The standard InChI is InChI=1S/C30H29N3O3/c1-35-24-17-23(18-25(20-24)36-2)29(34)32-15-12-30(13-16-32)28-9-6-14-33(28)27-11-10-22(19-26(27)31-30)21-7-4-3-5-8-21/h3-11,14,17-20,31H,12-13,15-16H2,1-2H3. The fourth-order valence-corrected chi connectivity index (χ4v) is 5.55. The second kappa shape index (κ2) is 8.79. The molecule has 0 aliphatic carbocycles. The average Bonchev–Trinajstić information content (AvgIpc) is 3.44. The number of nitrogens with one attached hydrogen (secondary N) is 1. The van der Waals surface area contributed by atoms with E-state index in [1.807, 2.05) is 11.0 Å². The van der Waals surface area contributed by atoms with Gasteiger partial charge in [-0.15, -0.1) is 0 Å². The summed E-state index contributed by atoms with van der Waals surface area (Å²) >= 11 is 0. The van der Waals surface area contributed by atoms with Crippen LogP contribution in [-0.2, 0) is 5.54 Å². The Morgan fingerprint density at radius 1 is 0.833 bits per heavy atom. The van der Waals surface area contributed by atoms with Crippen molar-refractivity contribution in [2.45, 2.75) is 18.4 Å². The van der Waals surface area contributed by atoms with E-state index >= 15 is 0 Å². The summed E-state index contributed by atoms with van der Waals surface area (Å²) in [5.41, 5.74) is 6.27. The maximum atomic E-state index is 13.4. The number of hydrogen-bond donors (Lipinski definition) is 1. The molecule has 6 rings (SSSR count). The Balaban J connectivity index is 1.28. The third-order valence-corrected chi connectivity index (χ3v) is 7.48. The van der Waals surface area contributed by atoms with Gasteiger partial charge in [0.15, 0.2) is 0 Å². The lowest BCUT2D eigenvalue weighted by Gasteiger charge is -2.46. The van der Waals surface area contributed by atoms with Crippen molar-refractivity contribution in [2.24, 2.45) is 0 Å². The molecule has 0 atom stereocenters. The van der Waals surface area contributed by atoms with Crippen molar-refractivity contribution in [3.8, 4) is 28.3 Å². The predicted molar refractivity (Wildman–Crippen MR) is 141 cm³/mol. The SMILES string of the molecule is COc1cc(OC)cc(C(=O)N2CCC3(CC2)Nc2cc(-c4ccccc4)ccc2-n2cccc23)c1. The van der Waals surface area contributed by atoms with Gasteiger partial charge in [-0.1, -0.05) is 36.4 Å². The molecule has 36 heavy (non-hydrogen) atoms. The molecule has 0 radical (unpaired) electrons. The zero-order valence-electron chi connectivity index (χ0n) is 20.5. The zero-order chi connectivity index (χ0) is 24.7. The van der Waals surface area contributed by atoms with Gasteiger partial charge in [0, 0.05) is 36.6 Å². The summed E-state index contributed by atoms with van der Waals surface area (Å²) in [7, 11) is 3.19. The Morgan fingerprint density at radius 3 is 2.25 bits per heavy atom. The molecule has 0 saturated carbocycles. The van der Waals surface area contributed by atoms with E-state index in [-0.39, 0.29) is 11.4 Å². The van der Waals surface area contributed by atoms with Crippen LogP contribution in [-0.4, -0.2) is 42.7 Å².